The molecule has 0 spiro atoms. The van der Waals surface area contributed by atoms with Crippen molar-refractivity contribution in [3.63, 3.8) is 0 Å². The number of hydrogen-bond acceptors (Lipinski definition) is 4. The van der Waals surface area contributed by atoms with E-state index in [1.807, 2.05) is 13.0 Å². The first-order valence-electron chi connectivity index (χ1n) is 5.89. The Morgan fingerprint density at radius 2 is 2.19 bits per heavy atom. The third-order valence-corrected chi connectivity index (χ3v) is 2.69. The maximum atomic E-state index is 11.1. The summed E-state index contributed by atoms with van der Waals surface area (Å²) < 4.78 is 10.1. The number of esters is 1. The van der Waals surface area contributed by atoms with Crippen LogP contribution in [0.5, 0.6) is 0 Å². The zero-order chi connectivity index (χ0) is 11.8. The van der Waals surface area contributed by atoms with E-state index in [4.69, 9.17) is 9.47 Å². The minimum atomic E-state index is -0.253. The van der Waals surface area contributed by atoms with Crippen molar-refractivity contribution in [3.8, 4) is 0 Å². The highest BCUT2D eigenvalue weighted by molar-refractivity contribution is 5.81. The van der Waals surface area contributed by atoms with Crippen LogP contribution in [0.2, 0.25) is 0 Å². The summed E-state index contributed by atoms with van der Waals surface area (Å²) in [6, 6.07) is 0.453. The van der Waals surface area contributed by atoms with Crippen LogP contribution in [0, 0.1) is 0 Å². The molecule has 0 aromatic rings. The molecule has 4 heteroatoms. The molecule has 1 heterocycles. The Balaban J connectivity index is 2.22. The van der Waals surface area contributed by atoms with Gasteiger partial charge in [0.15, 0.2) is 0 Å². The largest absolute Gasteiger partial charge is 0.463 e. The first kappa shape index (κ1) is 13.2. The molecule has 92 valence electrons. The molecule has 4 nitrogen and oxygen atoms in total. The summed E-state index contributed by atoms with van der Waals surface area (Å²) in [5.41, 5.74) is 0. The predicted octanol–water partition coefficient (Wildman–Crippen LogP) is 1.22. The van der Waals surface area contributed by atoms with Crippen molar-refractivity contribution >= 4 is 5.97 Å². The summed E-state index contributed by atoms with van der Waals surface area (Å²) in [7, 11) is 0. The molecule has 1 saturated heterocycles. The fourth-order valence-corrected chi connectivity index (χ4v) is 1.72. The molecule has 0 saturated carbocycles. The van der Waals surface area contributed by atoms with Gasteiger partial charge in [-0.25, -0.2) is 4.79 Å². The van der Waals surface area contributed by atoms with Gasteiger partial charge in [-0.2, -0.15) is 0 Å². The van der Waals surface area contributed by atoms with E-state index in [0.29, 0.717) is 12.6 Å². The van der Waals surface area contributed by atoms with E-state index >= 15 is 0 Å². The molecule has 0 radical (unpaired) electrons. The van der Waals surface area contributed by atoms with Gasteiger partial charge in [0.1, 0.15) is 0 Å². The fourth-order valence-electron chi connectivity index (χ4n) is 1.72. The van der Waals surface area contributed by atoms with Crippen molar-refractivity contribution in [2.45, 2.75) is 26.3 Å². The Kier molecular flexibility index (Phi) is 6.11. The molecule has 0 N–H and O–H groups in total. The lowest BCUT2D eigenvalue weighted by Crippen LogP contribution is -2.41. The van der Waals surface area contributed by atoms with Crippen molar-refractivity contribution in [3.05, 3.63) is 12.2 Å². The molecule has 1 atom stereocenters. The normalized spacial score (nSPS) is 19.9. The van der Waals surface area contributed by atoms with Gasteiger partial charge < -0.3 is 9.47 Å². The number of nitrogens with zero attached hydrogens (tertiary/aromatic N) is 1. The van der Waals surface area contributed by atoms with Gasteiger partial charge in [0.25, 0.3) is 0 Å². The number of carbonyl (C=O) groups excluding carboxylic acids is 1. The number of morpholine rings is 1. The highest BCUT2D eigenvalue weighted by Crippen LogP contribution is 2.07. The fraction of sp³-hybridized carbons (Fsp3) is 0.750. The standard InChI is InChI=1S/C12H21NO3/c1-3-16-12(14)6-4-5-11(2)13-7-9-15-10-8-13/h4,6,11H,3,5,7-10H2,1-2H3/b6-4+. The first-order chi connectivity index (χ1) is 7.74. The van der Waals surface area contributed by atoms with Crippen molar-refractivity contribution in [2.24, 2.45) is 0 Å². The molecule has 0 aromatic carbocycles. The Morgan fingerprint density at radius 1 is 1.50 bits per heavy atom. The average Bonchev–Trinajstić information content (AvgIpc) is 2.30. The SMILES string of the molecule is CCOC(=O)/C=C/CC(C)N1CCOCC1. The van der Waals surface area contributed by atoms with Crippen LogP contribution < -0.4 is 0 Å². The quantitative estimate of drug-likeness (QED) is 0.523. The smallest absolute Gasteiger partial charge is 0.330 e. The van der Waals surface area contributed by atoms with Gasteiger partial charge in [-0.1, -0.05) is 6.08 Å². The third kappa shape index (κ3) is 4.77. The van der Waals surface area contributed by atoms with Gasteiger partial charge in [-0.3, -0.25) is 4.90 Å². The van der Waals surface area contributed by atoms with Crippen molar-refractivity contribution in [1.82, 2.24) is 4.90 Å². The van der Waals surface area contributed by atoms with Crippen LogP contribution in [0.3, 0.4) is 0 Å². The first-order valence-corrected chi connectivity index (χ1v) is 5.89. The second-order valence-corrected chi connectivity index (χ2v) is 3.89. The molecule has 1 fully saturated rings. The molecule has 1 unspecified atom stereocenters. The summed E-state index contributed by atoms with van der Waals surface area (Å²) in [5.74, 6) is -0.253. The monoisotopic (exact) mass is 227 g/mol. The highest BCUT2D eigenvalue weighted by Gasteiger charge is 2.15. The molecule has 0 aromatic heterocycles. The summed E-state index contributed by atoms with van der Waals surface area (Å²) >= 11 is 0. The van der Waals surface area contributed by atoms with Crippen LogP contribution >= 0.6 is 0 Å². The number of rotatable bonds is 5. The van der Waals surface area contributed by atoms with E-state index in [9.17, 15) is 4.79 Å². The second kappa shape index (κ2) is 7.41. The van der Waals surface area contributed by atoms with Crippen LogP contribution in [0.4, 0.5) is 0 Å². The summed E-state index contributed by atoms with van der Waals surface area (Å²) in [5, 5.41) is 0. The highest BCUT2D eigenvalue weighted by atomic mass is 16.5. The Labute approximate surface area is 97.2 Å². The van der Waals surface area contributed by atoms with Gasteiger partial charge >= 0.3 is 5.97 Å². The van der Waals surface area contributed by atoms with Gasteiger partial charge in [0, 0.05) is 25.2 Å². The third-order valence-electron chi connectivity index (χ3n) is 2.69. The lowest BCUT2D eigenvalue weighted by molar-refractivity contribution is -0.137. The number of hydrogen-bond donors (Lipinski definition) is 0. The van der Waals surface area contributed by atoms with Gasteiger partial charge in [0.05, 0.1) is 19.8 Å². The average molecular weight is 227 g/mol. The minimum absolute atomic E-state index is 0.253. The van der Waals surface area contributed by atoms with Crippen LogP contribution in [0.1, 0.15) is 20.3 Å². The molecule has 1 aliphatic heterocycles. The summed E-state index contributed by atoms with van der Waals surface area (Å²) in [4.78, 5) is 13.4. The van der Waals surface area contributed by atoms with Gasteiger partial charge in [-0.05, 0) is 20.3 Å². The van der Waals surface area contributed by atoms with E-state index in [1.54, 1.807) is 0 Å². The van der Waals surface area contributed by atoms with Crippen LogP contribution in [-0.2, 0) is 14.3 Å². The number of carbonyl (C=O) groups is 1. The van der Waals surface area contributed by atoms with E-state index in [1.165, 1.54) is 6.08 Å². The lowest BCUT2D eigenvalue weighted by Gasteiger charge is -2.31. The zero-order valence-electron chi connectivity index (χ0n) is 10.1. The second-order valence-electron chi connectivity index (χ2n) is 3.89. The molecule has 0 amide bonds. The van der Waals surface area contributed by atoms with E-state index in [0.717, 1.165) is 32.7 Å². The van der Waals surface area contributed by atoms with E-state index in [-0.39, 0.29) is 5.97 Å². The van der Waals surface area contributed by atoms with Gasteiger partial charge in [0.2, 0.25) is 0 Å². The predicted molar refractivity (Wildman–Crippen MR) is 62.2 cm³/mol. The molecular formula is C12H21NO3. The summed E-state index contributed by atoms with van der Waals surface area (Å²) in [6.07, 6.45) is 4.28. The van der Waals surface area contributed by atoms with Crippen molar-refractivity contribution in [2.75, 3.05) is 32.9 Å². The number of ether oxygens (including phenoxy) is 2. The molecule has 1 aliphatic rings. The molecular weight excluding hydrogens is 206 g/mol. The topological polar surface area (TPSA) is 38.8 Å². The Hall–Kier alpha value is -0.870. The molecule has 16 heavy (non-hydrogen) atoms. The van der Waals surface area contributed by atoms with Gasteiger partial charge in [-0.15, -0.1) is 0 Å². The minimum Gasteiger partial charge on any atom is -0.463 e. The maximum absolute atomic E-state index is 11.1. The lowest BCUT2D eigenvalue weighted by atomic mass is 10.2. The van der Waals surface area contributed by atoms with Crippen LogP contribution in [0.15, 0.2) is 12.2 Å². The Morgan fingerprint density at radius 3 is 2.81 bits per heavy atom. The van der Waals surface area contributed by atoms with Crippen molar-refractivity contribution in [1.29, 1.82) is 0 Å². The zero-order valence-corrected chi connectivity index (χ0v) is 10.1. The van der Waals surface area contributed by atoms with E-state index in [2.05, 4.69) is 11.8 Å². The molecule has 1 rings (SSSR count). The summed E-state index contributed by atoms with van der Waals surface area (Å²) in [6.45, 7) is 7.99. The molecule has 0 aliphatic carbocycles. The Bertz CT molecular complexity index is 234. The van der Waals surface area contributed by atoms with E-state index < -0.39 is 0 Å². The van der Waals surface area contributed by atoms with Crippen LogP contribution in [0.25, 0.3) is 0 Å². The van der Waals surface area contributed by atoms with Crippen molar-refractivity contribution < 1.29 is 14.3 Å². The molecule has 0 bridgehead atoms. The maximum Gasteiger partial charge on any atom is 0.330 e. The van der Waals surface area contributed by atoms with Crippen LogP contribution in [-0.4, -0.2) is 49.8 Å².